The molecule has 0 amide bonds. The van der Waals surface area contributed by atoms with Gasteiger partial charge in [0.1, 0.15) is 11.6 Å². The lowest BCUT2D eigenvalue weighted by Crippen LogP contribution is -2.20. The van der Waals surface area contributed by atoms with E-state index in [0.717, 1.165) is 0 Å². The Balaban J connectivity index is 2.15. The fourth-order valence-electron chi connectivity index (χ4n) is 1.57. The number of aromatic hydroxyl groups is 1. The van der Waals surface area contributed by atoms with Crippen LogP contribution in [-0.2, 0) is 0 Å². The molecule has 2 N–H and O–H groups in total. The maximum absolute atomic E-state index is 12.9. The van der Waals surface area contributed by atoms with Gasteiger partial charge in [0, 0.05) is 17.6 Å². The summed E-state index contributed by atoms with van der Waals surface area (Å²) in [6.07, 6.45) is 2.36. The summed E-state index contributed by atoms with van der Waals surface area (Å²) >= 11 is 0. The molecule has 3 heteroatoms. The first-order valence-electron chi connectivity index (χ1n) is 4.91. The zero-order valence-electron chi connectivity index (χ0n) is 8.13. The Kier molecular flexibility index (Phi) is 2.42. The number of nitrogens with one attached hydrogen (secondary N) is 1. The van der Waals surface area contributed by atoms with Gasteiger partial charge < -0.3 is 10.4 Å². The summed E-state index contributed by atoms with van der Waals surface area (Å²) in [4.78, 5) is 0. The first-order valence-corrected chi connectivity index (χ1v) is 4.91. The lowest BCUT2D eigenvalue weighted by atomic mass is 10.1. The van der Waals surface area contributed by atoms with E-state index in [1.54, 1.807) is 0 Å². The van der Waals surface area contributed by atoms with Crippen molar-refractivity contribution in [2.45, 2.75) is 31.8 Å². The molecule has 1 fully saturated rings. The minimum absolute atomic E-state index is 0.0122. The molecule has 0 bridgehead atoms. The van der Waals surface area contributed by atoms with E-state index < -0.39 is 0 Å². The lowest BCUT2D eigenvalue weighted by Gasteiger charge is -2.14. The molecule has 0 saturated heterocycles. The molecular formula is C11H14FNO. The van der Waals surface area contributed by atoms with E-state index in [-0.39, 0.29) is 17.6 Å². The molecule has 1 aromatic rings. The van der Waals surface area contributed by atoms with Crippen LogP contribution in [-0.4, -0.2) is 11.1 Å². The summed E-state index contributed by atoms with van der Waals surface area (Å²) in [6, 6.07) is 4.61. The number of hydrogen-bond acceptors (Lipinski definition) is 2. The van der Waals surface area contributed by atoms with Crippen LogP contribution in [0.4, 0.5) is 4.39 Å². The molecule has 0 aromatic heterocycles. The van der Waals surface area contributed by atoms with Crippen LogP contribution in [0.15, 0.2) is 18.2 Å². The van der Waals surface area contributed by atoms with E-state index in [1.807, 2.05) is 6.92 Å². The highest BCUT2D eigenvalue weighted by atomic mass is 19.1. The molecule has 1 aromatic carbocycles. The molecule has 0 spiro atoms. The SMILES string of the molecule is C[C@@H](NC1CC1)c1cc(F)ccc1O. The molecule has 1 saturated carbocycles. The van der Waals surface area contributed by atoms with Crippen molar-refractivity contribution in [1.82, 2.24) is 5.32 Å². The van der Waals surface area contributed by atoms with E-state index in [0.29, 0.717) is 11.6 Å². The smallest absolute Gasteiger partial charge is 0.123 e. The monoisotopic (exact) mass is 195 g/mol. The molecule has 0 unspecified atom stereocenters. The Morgan fingerprint density at radius 1 is 1.50 bits per heavy atom. The highest BCUT2D eigenvalue weighted by Gasteiger charge is 2.24. The maximum atomic E-state index is 12.9. The van der Waals surface area contributed by atoms with Gasteiger partial charge in [-0.2, -0.15) is 0 Å². The summed E-state index contributed by atoms with van der Waals surface area (Å²) in [5.41, 5.74) is 0.636. The fourth-order valence-corrected chi connectivity index (χ4v) is 1.57. The maximum Gasteiger partial charge on any atom is 0.123 e. The predicted octanol–water partition coefficient (Wildman–Crippen LogP) is 2.34. The second kappa shape index (κ2) is 3.58. The molecule has 0 aliphatic heterocycles. The average Bonchev–Trinajstić information content (AvgIpc) is 2.93. The van der Waals surface area contributed by atoms with Crippen LogP contribution in [0, 0.1) is 5.82 Å². The van der Waals surface area contributed by atoms with Gasteiger partial charge in [-0.15, -0.1) is 0 Å². The van der Waals surface area contributed by atoms with Gasteiger partial charge in [0.05, 0.1) is 0 Å². The van der Waals surface area contributed by atoms with Crippen LogP contribution in [0.1, 0.15) is 31.4 Å². The van der Waals surface area contributed by atoms with Crippen LogP contribution in [0.25, 0.3) is 0 Å². The van der Waals surface area contributed by atoms with E-state index >= 15 is 0 Å². The third-order valence-corrected chi connectivity index (χ3v) is 2.52. The summed E-state index contributed by atoms with van der Waals surface area (Å²) in [6.45, 7) is 1.94. The third kappa shape index (κ3) is 2.04. The fraction of sp³-hybridized carbons (Fsp3) is 0.455. The second-order valence-corrected chi connectivity index (χ2v) is 3.87. The summed E-state index contributed by atoms with van der Waals surface area (Å²) < 4.78 is 12.9. The van der Waals surface area contributed by atoms with E-state index in [9.17, 15) is 9.50 Å². The van der Waals surface area contributed by atoms with Crippen molar-refractivity contribution in [3.8, 4) is 5.75 Å². The minimum atomic E-state index is -0.303. The molecule has 1 aliphatic carbocycles. The van der Waals surface area contributed by atoms with Gasteiger partial charge >= 0.3 is 0 Å². The Hall–Kier alpha value is -1.09. The molecular weight excluding hydrogens is 181 g/mol. The number of phenolic OH excluding ortho intramolecular Hbond substituents is 1. The van der Waals surface area contributed by atoms with Crippen molar-refractivity contribution >= 4 is 0 Å². The molecule has 0 heterocycles. The van der Waals surface area contributed by atoms with E-state index in [4.69, 9.17) is 0 Å². The van der Waals surface area contributed by atoms with Crippen molar-refractivity contribution in [2.75, 3.05) is 0 Å². The van der Waals surface area contributed by atoms with Crippen LogP contribution in [0.2, 0.25) is 0 Å². The van der Waals surface area contributed by atoms with Gasteiger partial charge in [-0.1, -0.05) is 0 Å². The Morgan fingerprint density at radius 3 is 2.86 bits per heavy atom. The van der Waals surface area contributed by atoms with Crippen molar-refractivity contribution in [3.05, 3.63) is 29.6 Å². The normalized spacial score (nSPS) is 18.1. The largest absolute Gasteiger partial charge is 0.508 e. The molecule has 2 nitrogen and oxygen atoms in total. The standard InChI is InChI=1S/C11H14FNO/c1-7(13-9-3-4-9)10-6-8(12)2-5-11(10)14/h2,5-7,9,13-14H,3-4H2,1H3/t7-/m1/s1. The summed E-state index contributed by atoms with van der Waals surface area (Å²) in [7, 11) is 0. The Morgan fingerprint density at radius 2 is 2.21 bits per heavy atom. The van der Waals surface area contributed by atoms with Gasteiger partial charge in [0.25, 0.3) is 0 Å². The first-order chi connectivity index (χ1) is 6.66. The zero-order chi connectivity index (χ0) is 10.1. The molecule has 2 rings (SSSR count). The topological polar surface area (TPSA) is 32.3 Å². The second-order valence-electron chi connectivity index (χ2n) is 3.87. The number of rotatable bonds is 3. The van der Waals surface area contributed by atoms with Crippen LogP contribution in [0.5, 0.6) is 5.75 Å². The lowest BCUT2D eigenvalue weighted by molar-refractivity contribution is 0.448. The quantitative estimate of drug-likeness (QED) is 0.776. The van der Waals surface area contributed by atoms with Gasteiger partial charge in [-0.3, -0.25) is 0 Å². The third-order valence-electron chi connectivity index (χ3n) is 2.52. The first kappa shape index (κ1) is 9.46. The highest BCUT2D eigenvalue weighted by molar-refractivity contribution is 5.35. The van der Waals surface area contributed by atoms with Crippen molar-refractivity contribution in [1.29, 1.82) is 0 Å². The number of benzene rings is 1. The van der Waals surface area contributed by atoms with Crippen LogP contribution >= 0.6 is 0 Å². The number of phenols is 1. The number of hydrogen-bond donors (Lipinski definition) is 2. The average molecular weight is 195 g/mol. The van der Waals surface area contributed by atoms with Gasteiger partial charge in [-0.25, -0.2) is 4.39 Å². The molecule has 76 valence electrons. The molecule has 14 heavy (non-hydrogen) atoms. The van der Waals surface area contributed by atoms with E-state index in [1.165, 1.54) is 31.0 Å². The van der Waals surface area contributed by atoms with Gasteiger partial charge in [0.2, 0.25) is 0 Å². The van der Waals surface area contributed by atoms with Gasteiger partial charge in [-0.05, 0) is 38.0 Å². The molecule has 1 atom stereocenters. The minimum Gasteiger partial charge on any atom is -0.508 e. The molecule has 1 aliphatic rings. The zero-order valence-corrected chi connectivity index (χ0v) is 8.13. The highest BCUT2D eigenvalue weighted by Crippen LogP contribution is 2.28. The summed E-state index contributed by atoms with van der Waals surface area (Å²) in [5.74, 6) is -0.144. The van der Waals surface area contributed by atoms with Crippen LogP contribution < -0.4 is 5.32 Å². The Labute approximate surface area is 82.8 Å². The van der Waals surface area contributed by atoms with Crippen molar-refractivity contribution < 1.29 is 9.50 Å². The van der Waals surface area contributed by atoms with Crippen molar-refractivity contribution in [3.63, 3.8) is 0 Å². The van der Waals surface area contributed by atoms with Crippen LogP contribution in [0.3, 0.4) is 0 Å². The molecule has 0 radical (unpaired) electrons. The predicted molar refractivity (Wildman–Crippen MR) is 52.6 cm³/mol. The Bertz CT molecular complexity index is 336. The summed E-state index contributed by atoms with van der Waals surface area (Å²) in [5, 5.41) is 12.8. The van der Waals surface area contributed by atoms with E-state index in [2.05, 4.69) is 5.32 Å². The van der Waals surface area contributed by atoms with Crippen molar-refractivity contribution in [2.24, 2.45) is 0 Å². The number of halogens is 1. The van der Waals surface area contributed by atoms with Gasteiger partial charge in [0.15, 0.2) is 0 Å².